The normalized spacial score (nSPS) is 15.9. The lowest BCUT2D eigenvalue weighted by molar-refractivity contribution is 0.396. The standard InChI is InChI=1S/C20H15N3O3/c1-25-12-6-4-5-11(9-12)16-14(10-21)19(22)26-18-13-7-2-3-8-15(13)23-20(24)17(16)18/h2-9,16H,22H2,1H3,(H,23,24). The highest BCUT2D eigenvalue weighted by molar-refractivity contribution is 5.87. The Labute approximate surface area is 149 Å². The molecule has 26 heavy (non-hydrogen) atoms. The van der Waals surface area contributed by atoms with E-state index in [1.165, 1.54) is 0 Å². The molecule has 0 spiro atoms. The fraction of sp³-hybridized carbons (Fsp3) is 0.100. The second-order valence-corrected chi connectivity index (χ2v) is 5.94. The van der Waals surface area contributed by atoms with Crippen LogP contribution < -0.4 is 20.8 Å². The van der Waals surface area contributed by atoms with Crippen molar-refractivity contribution in [1.29, 1.82) is 5.26 Å². The molecule has 3 aromatic rings. The summed E-state index contributed by atoms with van der Waals surface area (Å²) in [6.07, 6.45) is 0. The van der Waals surface area contributed by atoms with E-state index in [1.807, 2.05) is 30.3 Å². The summed E-state index contributed by atoms with van der Waals surface area (Å²) in [5, 5.41) is 10.4. The monoisotopic (exact) mass is 345 g/mol. The van der Waals surface area contributed by atoms with Crippen molar-refractivity contribution in [2.24, 2.45) is 5.73 Å². The molecule has 2 heterocycles. The minimum Gasteiger partial charge on any atom is -0.497 e. The molecule has 1 atom stereocenters. The maximum atomic E-state index is 12.8. The predicted octanol–water partition coefficient (Wildman–Crippen LogP) is 2.75. The van der Waals surface area contributed by atoms with Gasteiger partial charge in [0.25, 0.3) is 5.56 Å². The summed E-state index contributed by atoms with van der Waals surface area (Å²) in [6, 6.07) is 16.6. The van der Waals surface area contributed by atoms with Crippen molar-refractivity contribution in [3.05, 3.63) is 81.5 Å². The Hall–Kier alpha value is -3.72. The summed E-state index contributed by atoms with van der Waals surface area (Å²) in [4.78, 5) is 15.7. The van der Waals surface area contributed by atoms with Crippen molar-refractivity contribution < 1.29 is 9.47 Å². The van der Waals surface area contributed by atoms with Crippen LogP contribution in [0.3, 0.4) is 0 Å². The lowest BCUT2D eigenvalue weighted by Gasteiger charge is -2.26. The Morgan fingerprint density at radius 3 is 2.81 bits per heavy atom. The molecular formula is C20H15N3O3. The largest absolute Gasteiger partial charge is 0.497 e. The minimum absolute atomic E-state index is 0.00331. The zero-order valence-corrected chi connectivity index (χ0v) is 13.9. The van der Waals surface area contributed by atoms with Gasteiger partial charge in [-0.3, -0.25) is 4.79 Å². The lowest BCUT2D eigenvalue weighted by Crippen LogP contribution is -2.27. The van der Waals surface area contributed by atoms with E-state index in [1.54, 1.807) is 25.3 Å². The Kier molecular flexibility index (Phi) is 3.63. The second-order valence-electron chi connectivity index (χ2n) is 5.94. The molecule has 0 aliphatic carbocycles. The van der Waals surface area contributed by atoms with Crippen molar-refractivity contribution in [2.45, 2.75) is 5.92 Å². The molecule has 0 saturated heterocycles. The number of allylic oxidation sites excluding steroid dienone is 1. The number of ether oxygens (including phenoxy) is 2. The fourth-order valence-electron chi connectivity index (χ4n) is 3.33. The number of hydrogen-bond acceptors (Lipinski definition) is 5. The molecule has 1 aromatic heterocycles. The number of nitrogens with two attached hydrogens (primary N) is 1. The molecule has 0 bridgehead atoms. The first-order valence-electron chi connectivity index (χ1n) is 8.00. The van der Waals surface area contributed by atoms with Gasteiger partial charge in [-0.25, -0.2) is 0 Å². The van der Waals surface area contributed by atoms with Crippen LogP contribution in [0.5, 0.6) is 11.5 Å². The van der Waals surface area contributed by atoms with Gasteiger partial charge in [-0.1, -0.05) is 24.3 Å². The summed E-state index contributed by atoms with van der Waals surface area (Å²) >= 11 is 0. The molecule has 3 N–H and O–H groups in total. The van der Waals surface area contributed by atoms with Crippen molar-refractivity contribution in [1.82, 2.24) is 4.98 Å². The number of aromatic amines is 1. The number of nitrogens with zero attached hydrogens (tertiary/aromatic N) is 1. The maximum Gasteiger partial charge on any atom is 0.256 e. The zero-order valence-electron chi connectivity index (χ0n) is 13.9. The van der Waals surface area contributed by atoms with Gasteiger partial charge in [0, 0.05) is 5.39 Å². The number of hydrogen-bond donors (Lipinski definition) is 2. The van der Waals surface area contributed by atoms with Gasteiger partial charge in [-0.2, -0.15) is 5.26 Å². The molecule has 128 valence electrons. The number of pyridine rings is 1. The van der Waals surface area contributed by atoms with E-state index in [0.29, 0.717) is 22.6 Å². The number of fused-ring (bicyclic) bond motifs is 3. The van der Waals surface area contributed by atoms with Crippen LogP contribution >= 0.6 is 0 Å². The minimum atomic E-state index is -0.632. The van der Waals surface area contributed by atoms with Crippen LogP contribution in [0.25, 0.3) is 10.9 Å². The van der Waals surface area contributed by atoms with Crippen molar-refractivity contribution in [3.63, 3.8) is 0 Å². The highest BCUT2D eigenvalue weighted by Gasteiger charge is 2.34. The Morgan fingerprint density at radius 2 is 2.04 bits per heavy atom. The van der Waals surface area contributed by atoms with E-state index in [-0.39, 0.29) is 17.0 Å². The number of H-pyrrole nitrogens is 1. The van der Waals surface area contributed by atoms with Crippen LogP contribution in [0.2, 0.25) is 0 Å². The molecule has 6 heteroatoms. The van der Waals surface area contributed by atoms with Crippen LogP contribution in [-0.2, 0) is 0 Å². The molecule has 0 radical (unpaired) electrons. The van der Waals surface area contributed by atoms with E-state index >= 15 is 0 Å². The Bertz CT molecular complexity index is 1150. The van der Waals surface area contributed by atoms with Crippen LogP contribution in [0, 0.1) is 11.3 Å². The molecule has 6 nitrogen and oxygen atoms in total. The molecule has 1 aliphatic heterocycles. The van der Waals surface area contributed by atoms with E-state index < -0.39 is 5.92 Å². The Morgan fingerprint density at radius 1 is 1.23 bits per heavy atom. The topological polar surface area (TPSA) is 101 Å². The summed E-state index contributed by atoms with van der Waals surface area (Å²) in [5.41, 5.74) is 7.66. The molecule has 1 aliphatic rings. The van der Waals surface area contributed by atoms with E-state index in [9.17, 15) is 10.1 Å². The predicted molar refractivity (Wildman–Crippen MR) is 96.9 cm³/mol. The van der Waals surface area contributed by atoms with Gasteiger partial charge >= 0.3 is 0 Å². The van der Waals surface area contributed by atoms with Crippen LogP contribution in [-0.4, -0.2) is 12.1 Å². The van der Waals surface area contributed by atoms with Gasteiger partial charge in [-0.05, 0) is 29.8 Å². The van der Waals surface area contributed by atoms with Crippen molar-refractivity contribution in [2.75, 3.05) is 7.11 Å². The van der Waals surface area contributed by atoms with Crippen LogP contribution in [0.4, 0.5) is 0 Å². The number of methoxy groups -OCH3 is 1. The third kappa shape index (κ3) is 2.30. The van der Waals surface area contributed by atoms with E-state index in [0.717, 1.165) is 10.9 Å². The fourth-order valence-corrected chi connectivity index (χ4v) is 3.33. The number of nitrogens with one attached hydrogen (secondary N) is 1. The first-order valence-corrected chi connectivity index (χ1v) is 8.00. The quantitative estimate of drug-likeness (QED) is 0.744. The van der Waals surface area contributed by atoms with Gasteiger partial charge in [0.1, 0.15) is 23.1 Å². The van der Waals surface area contributed by atoms with Crippen molar-refractivity contribution >= 4 is 10.9 Å². The number of benzene rings is 2. The molecule has 1 unspecified atom stereocenters. The summed E-state index contributed by atoms with van der Waals surface area (Å²) < 4.78 is 11.0. The number of rotatable bonds is 2. The van der Waals surface area contributed by atoms with E-state index in [2.05, 4.69) is 11.1 Å². The lowest BCUT2D eigenvalue weighted by atomic mass is 9.83. The molecule has 2 aromatic carbocycles. The molecule has 0 amide bonds. The summed E-state index contributed by atoms with van der Waals surface area (Å²) in [6.45, 7) is 0. The van der Waals surface area contributed by atoms with Gasteiger partial charge in [0.2, 0.25) is 5.88 Å². The Balaban J connectivity index is 2.07. The van der Waals surface area contributed by atoms with Gasteiger partial charge in [0.05, 0.1) is 24.1 Å². The van der Waals surface area contributed by atoms with E-state index in [4.69, 9.17) is 15.2 Å². The highest BCUT2D eigenvalue weighted by atomic mass is 16.5. The van der Waals surface area contributed by atoms with Gasteiger partial charge < -0.3 is 20.2 Å². The summed E-state index contributed by atoms with van der Waals surface area (Å²) in [5.74, 6) is 0.382. The molecular weight excluding hydrogens is 330 g/mol. The average Bonchev–Trinajstić information content (AvgIpc) is 2.67. The summed E-state index contributed by atoms with van der Waals surface area (Å²) in [7, 11) is 1.56. The van der Waals surface area contributed by atoms with Crippen molar-refractivity contribution in [3.8, 4) is 17.6 Å². The third-order valence-electron chi connectivity index (χ3n) is 4.51. The number of aromatic nitrogens is 1. The zero-order chi connectivity index (χ0) is 18.3. The number of para-hydroxylation sites is 1. The highest BCUT2D eigenvalue weighted by Crippen LogP contribution is 2.43. The smallest absolute Gasteiger partial charge is 0.256 e. The first-order chi connectivity index (χ1) is 12.6. The first kappa shape index (κ1) is 15.8. The second kappa shape index (κ2) is 5.97. The van der Waals surface area contributed by atoms with Gasteiger partial charge in [0.15, 0.2) is 0 Å². The molecule has 0 saturated carbocycles. The SMILES string of the molecule is COc1cccc(C2C(C#N)=C(N)Oc3c2c(=O)[nH]c2ccccc32)c1. The number of nitriles is 1. The maximum absolute atomic E-state index is 12.8. The van der Waals surface area contributed by atoms with Crippen LogP contribution in [0.1, 0.15) is 17.0 Å². The molecule has 0 fully saturated rings. The van der Waals surface area contributed by atoms with Crippen LogP contribution in [0.15, 0.2) is 64.8 Å². The third-order valence-corrected chi connectivity index (χ3v) is 4.51. The molecule has 4 rings (SSSR count). The van der Waals surface area contributed by atoms with Gasteiger partial charge in [-0.15, -0.1) is 0 Å². The average molecular weight is 345 g/mol.